The fourth-order valence-corrected chi connectivity index (χ4v) is 3.91. The van der Waals surface area contributed by atoms with Gasteiger partial charge in [0.25, 0.3) is 0 Å². The summed E-state index contributed by atoms with van der Waals surface area (Å²) in [6.45, 7) is 6.28. The van der Waals surface area contributed by atoms with Gasteiger partial charge in [-0.1, -0.05) is 11.6 Å². The lowest BCUT2D eigenvalue weighted by molar-refractivity contribution is 0.0289. The molecule has 1 N–H and O–H groups in total. The second kappa shape index (κ2) is 7.36. The van der Waals surface area contributed by atoms with E-state index in [-0.39, 0.29) is 17.5 Å². The number of carbonyl (C=O) groups excluding carboxylic acids is 1. The Morgan fingerprint density at radius 1 is 1.30 bits per heavy atom. The fraction of sp³-hybridized carbons (Fsp3) is 0.381. The van der Waals surface area contributed by atoms with Crippen molar-refractivity contribution in [2.75, 3.05) is 13.1 Å². The Balaban J connectivity index is 1.76. The number of hydrogen-bond acceptors (Lipinski definition) is 5. The smallest absolute Gasteiger partial charge is 0.410 e. The summed E-state index contributed by atoms with van der Waals surface area (Å²) < 4.78 is 8.47. The summed E-state index contributed by atoms with van der Waals surface area (Å²) >= 11 is 5.95. The molecule has 0 bridgehead atoms. The highest BCUT2D eigenvalue weighted by atomic mass is 35.5. The normalized spacial score (nSPS) is 16.9. The van der Waals surface area contributed by atoms with Crippen LogP contribution in [0.5, 0.6) is 5.75 Å². The zero-order valence-corrected chi connectivity index (χ0v) is 17.8. The van der Waals surface area contributed by atoms with Crippen LogP contribution in [0.1, 0.15) is 33.2 Å². The molecule has 1 aliphatic rings. The minimum Gasteiger partial charge on any atom is -0.506 e. The van der Waals surface area contributed by atoms with Crippen LogP contribution in [0.2, 0.25) is 5.02 Å². The number of hydrogen-bond donors (Lipinski definition) is 1. The lowest BCUT2D eigenvalue weighted by atomic mass is 10.2. The van der Waals surface area contributed by atoms with E-state index < -0.39 is 11.7 Å². The highest BCUT2D eigenvalue weighted by Crippen LogP contribution is 2.30. The van der Waals surface area contributed by atoms with E-state index in [1.165, 1.54) is 10.6 Å². The largest absolute Gasteiger partial charge is 0.506 e. The minimum atomic E-state index is -0.588. The number of aromatic nitrogens is 3. The monoisotopic (exact) mass is 430 g/mol. The van der Waals surface area contributed by atoms with E-state index in [9.17, 15) is 14.7 Å². The molecule has 1 amide bonds. The third-order valence-corrected chi connectivity index (χ3v) is 5.23. The molecule has 0 saturated carbocycles. The molecule has 1 fully saturated rings. The molecular formula is C21H23ClN4O4. The number of amides is 1. The van der Waals surface area contributed by atoms with Gasteiger partial charge in [-0.3, -0.25) is 9.13 Å². The number of imidazole rings is 1. The van der Waals surface area contributed by atoms with E-state index in [4.69, 9.17) is 16.3 Å². The van der Waals surface area contributed by atoms with Crippen molar-refractivity contribution in [1.82, 2.24) is 19.0 Å². The van der Waals surface area contributed by atoms with Gasteiger partial charge in [0.15, 0.2) is 5.65 Å². The summed E-state index contributed by atoms with van der Waals surface area (Å²) in [5.41, 5.74) is 0.458. The van der Waals surface area contributed by atoms with Gasteiger partial charge in [0, 0.05) is 30.4 Å². The van der Waals surface area contributed by atoms with Crippen molar-refractivity contribution in [3.05, 3.63) is 52.0 Å². The number of aromatic hydroxyl groups is 1. The third kappa shape index (κ3) is 3.63. The Hall–Kier alpha value is -3.00. The molecule has 0 radical (unpaired) electrons. The van der Waals surface area contributed by atoms with Gasteiger partial charge in [-0.2, -0.15) is 0 Å². The van der Waals surface area contributed by atoms with Gasteiger partial charge in [-0.15, -0.1) is 0 Å². The number of fused-ring (bicyclic) bond motifs is 1. The molecule has 8 nitrogen and oxygen atoms in total. The fourth-order valence-electron chi connectivity index (χ4n) is 3.74. The first-order valence-corrected chi connectivity index (χ1v) is 10.1. The molecular weight excluding hydrogens is 408 g/mol. The molecule has 3 aromatic rings. The molecule has 0 aliphatic carbocycles. The third-order valence-electron chi connectivity index (χ3n) is 4.99. The van der Waals surface area contributed by atoms with Gasteiger partial charge in [0.2, 0.25) is 0 Å². The van der Waals surface area contributed by atoms with E-state index >= 15 is 0 Å². The van der Waals surface area contributed by atoms with Crippen molar-refractivity contribution in [2.24, 2.45) is 0 Å². The number of ether oxygens (including phenoxy) is 1. The maximum absolute atomic E-state index is 13.4. The second-order valence-electron chi connectivity index (χ2n) is 8.34. The van der Waals surface area contributed by atoms with E-state index in [0.717, 1.165) is 0 Å². The molecule has 1 atom stereocenters. The van der Waals surface area contributed by atoms with Crippen molar-refractivity contribution >= 4 is 28.9 Å². The molecule has 30 heavy (non-hydrogen) atoms. The summed E-state index contributed by atoms with van der Waals surface area (Å²) in [5.74, 6) is -0.102. The summed E-state index contributed by atoms with van der Waals surface area (Å²) in [6.07, 6.45) is 1.82. The molecule has 0 spiro atoms. The Morgan fingerprint density at radius 3 is 2.77 bits per heavy atom. The Morgan fingerprint density at radius 2 is 2.07 bits per heavy atom. The number of benzene rings is 1. The van der Waals surface area contributed by atoms with E-state index in [1.54, 1.807) is 39.9 Å². The van der Waals surface area contributed by atoms with Crippen LogP contribution in [0.15, 0.2) is 41.3 Å². The molecule has 2 aromatic heterocycles. The highest BCUT2D eigenvalue weighted by molar-refractivity contribution is 6.30. The summed E-state index contributed by atoms with van der Waals surface area (Å²) in [4.78, 5) is 31.9. The quantitative estimate of drug-likeness (QED) is 0.669. The van der Waals surface area contributed by atoms with E-state index in [1.807, 2.05) is 20.8 Å². The van der Waals surface area contributed by atoms with Crippen LogP contribution < -0.4 is 5.69 Å². The van der Waals surface area contributed by atoms with Crippen LogP contribution in [-0.4, -0.2) is 48.9 Å². The second-order valence-corrected chi connectivity index (χ2v) is 8.77. The number of pyridine rings is 1. The van der Waals surface area contributed by atoms with Crippen LogP contribution >= 0.6 is 11.6 Å². The van der Waals surface area contributed by atoms with Gasteiger partial charge >= 0.3 is 11.8 Å². The van der Waals surface area contributed by atoms with Crippen molar-refractivity contribution in [2.45, 2.75) is 38.8 Å². The van der Waals surface area contributed by atoms with Crippen LogP contribution in [0.3, 0.4) is 0 Å². The lowest BCUT2D eigenvalue weighted by Gasteiger charge is -2.24. The molecule has 1 saturated heterocycles. The Bertz CT molecular complexity index is 1180. The van der Waals surface area contributed by atoms with Crippen molar-refractivity contribution < 1.29 is 14.6 Å². The zero-order chi connectivity index (χ0) is 21.6. The first-order chi connectivity index (χ1) is 14.2. The van der Waals surface area contributed by atoms with Crippen LogP contribution in [-0.2, 0) is 4.74 Å². The van der Waals surface area contributed by atoms with Crippen molar-refractivity contribution in [3.8, 4) is 11.4 Å². The van der Waals surface area contributed by atoms with Crippen LogP contribution in [0.4, 0.5) is 4.79 Å². The highest BCUT2D eigenvalue weighted by Gasteiger charge is 2.33. The summed E-state index contributed by atoms with van der Waals surface area (Å²) in [5, 5.41) is 10.8. The van der Waals surface area contributed by atoms with Gasteiger partial charge < -0.3 is 14.7 Å². The molecule has 158 valence electrons. The molecule has 1 unspecified atom stereocenters. The Labute approximate surface area is 178 Å². The molecule has 1 aliphatic heterocycles. The van der Waals surface area contributed by atoms with Crippen LogP contribution in [0.25, 0.3) is 16.9 Å². The predicted octanol–water partition coefficient (Wildman–Crippen LogP) is 3.73. The number of rotatable bonds is 2. The predicted molar refractivity (Wildman–Crippen MR) is 113 cm³/mol. The Kier molecular flexibility index (Phi) is 4.97. The number of phenols is 1. The van der Waals surface area contributed by atoms with Crippen molar-refractivity contribution in [3.63, 3.8) is 0 Å². The summed E-state index contributed by atoms with van der Waals surface area (Å²) in [6, 6.07) is 7.85. The number of halogens is 1. The minimum absolute atomic E-state index is 0.102. The zero-order valence-electron chi connectivity index (χ0n) is 17.0. The van der Waals surface area contributed by atoms with Gasteiger partial charge in [0.05, 0.1) is 17.2 Å². The number of carbonyl (C=O) groups is 1. The molecule has 3 heterocycles. The summed E-state index contributed by atoms with van der Waals surface area (Å²) in [7, 11) is 0. The average molecular weight is 431 g/mol. The lowest BCUT2D eigenvalue weighted by Crippen LogP contribution is -2.36. The standard InChI is InChI=1S/C21H23ClN4O4/c1-21(2,3)30-20(29)24-10-8-14(12-24)25-18-16(5-4-9-23-18)26(19(25)28)15-7-6-13(22)11-17(15)27/h4-7,9,11,14,27H,8,10,12H2,1-3H3. The number of likely N-dealkylation sites (tertiary alicyclic amines) is 1. The maximum atomic E-state index is 13.4. The van der Waals surface area contributed by atoms with Crippen molar-refractivity contribution in [1.29, 1.82) is 0 Å². The SMILES string of the molecule is CC(C)(C)OC(=O)N1CCC(n2c(=O)n(-c3ccc(Cl)cc3O)c3cccnc32)C1. The topological polar surface area (TPSA) is 89.6 Å². The van der Waals surface area contributed by atoms with E-state index in [2.05, 4.69) is 4.98 Å². The average Bonchev–Trinajstić information content (AvgIpc) is 3.23. The van der Waals surface area contributed by atoms with E-state index in [0.29, 0.717) is 41.4 Å². The van der Waals surface area contributed by atoms with Gasteiger partial charge in [-0.05, 0) is 51.5 Å². The molecule has 4 rings (SSSR count). The molecule has 9 heteroatoms. The van der Waals surface area contributed by atoms with Crippen LogP contribution in [0, 0.1) is 0 Å². The first-order valence-electron chi connectivity index (χ1n) is 9.70. The first kappa shape index (κ1) is 20.3. The number of phenolic OH excluding ortho intramolecular Hbond substituents is 1. The van der Waals surface area contributed by atoms with Gasteiger partial charge in [0.1, 0.15) is 11.4 Å². The number of nitrogens with zero attached hydrogens (tertiary/aromatic N) is 4. The maximum Gasteiger partial charge on any atom is 0.410 e. The van der Waals surface area contributed by atoms with Gasteiger partial charge in [-0.25, -0.2) is 14.6 Å². The molecule has 1 aromatic carbocycles.